The van der Waals surface area contributed by atoms with E-state index in [4.69, 9.17) is 4.74 Å². The van der Waals surface area contributed by atoms with Gasteiger partial charge in [0.25, 0.3) is 5.91 Å². The second-order valence-electron chi connectivity index (χ2n) is 7.36. The number of hydrogen-bond acceptors (Lipinski definition) is 6. The largest absolute Gasteiger partial charge is 0.378 e. The van der Waals surface area contributed by atoms with Crippen LogP contribution in [0, 0.1) is 13.8 Å². The minimum Gasteiger partial charge on any atom is -0.378 e. The van der Waals surface area contributed by atoms with E-state index in [0.29, 0.717) is 32.0 Å². The minimum absolute atomic E-state index is 0.0401. The van der Waals surface area contributed by atoms with E-state index in [1.54, 1.807) is 12.4 Å². The number of aryl methyl sites for hydroxylation is 1. The lowest BCUT2D eigenvalue weighted by molar-refractivity contribution is 0.0740. The fourth-order valence-corrected chi connectivity index (χ4v) is 3.78. The van der Waals surface area contributed by atoms with E-state index in [0.717, 1.165) is 32.0 Å². The molecule has 2 aliphatic heterocycles. The van der Waals surface area contributed by atoms with Gasteiger partial charge < -0.3 is 19.4 Å². The fraction of sp³-hybridized carbons (Fsp3) is 0.476. The van der Waals surface area contributed by atoms with Crippen LogP contribution in [0.3, 0.4) is 0 Å². The number of carbonyl (C=O) groups is 1. The predicted molar refractivity (Wildman–Crippen MR) is 109 cm³/mol. The number of rotatable bonds is 3. The molecule has 2 aliphatic rings. The van der Waals surface area contributed by atoms with Crippen molar-refractivity contribution in [3.05, 3.63) is 47.4 Å². The summed E-state index contributed by atoms with van der Waals surface area (Å²) in [5, 5.41) is 0. The van der Waals surface area contributed by atoms with Crippen LogP contribution in [-0.4, -0.2) is 73.3 Å². The molecule has 0 bridgehead atoms. The number of anilines is 2. The van der Waals surface area contributed by atoms with Gasteiger partial charge in [-0.15, -0.1) is 0 Å². The SMILES string of the molecule is Cc1cccc(N2CCN(C(=O)c3cnc(N4CCOCC4)cn3)CC2)c1C. The highest BCUT2D eigenvalue weighted by Gasteiger charge is 2.24. The maximum atomic E-state index is 12.8. The molecule has 4 rings (SSSR count). The maximum absolute atomic E-state index is 12.8. The molecule has 1 aromatic carbocycles. The first-order valence-corrected chi connectivity index (χ1v) is 9.88. The van der Waals surface area contributed by atoms with E-state index in [1.807, 2.05) is 4.90 Å². The van der Waals surface area contributed by atoms with Crippen molar-refractivity contribution in [2.75, 3.05) is 62.3 Å². The van der Waals surface area contributed by atoms with Crippen molar-refractivity contribution in [3.8, 4) is 0 Å². The van der Waals surface area contributed by atoms with Gasteiger partial charge >= 0.3 is 0 Å². The first kappa shape index (κ1) is 18.7. The van der Waals surface area contributed by atoms with Gasteiger partial charge in [0.1, 0.15) is 11.5 Å². The highest BCUT2D eigenvalue weighted by molar-refractivity contribution is 5.92. The van der Waals surface area contributed by atoms with E-state index < -0.39 is 0 Å². The summed E-state index contributed by atoms with van der Waals surface area (Å²) in [5.74, 6) is 0.765. The third-order valence-electron chi connectivity index (χ3n) is 5.68. The summed E-state index contributed by atoms with van der Waals surface area (Å²) in [5.41, 5.74) is 4.29. The van der Waals surface area contributed by atoms with Crippen LogP contribution in [0.25, 0.3) is 0 Å². The van der Waals surface area contributed by atoms with Crippen LogP contribution >= 0.6 is 0 Å². The van der Waals surface area contributed by atoms with E-state index in [1.165, 1.54) is 16.8 Å². The molecule has 0 N–H and O–H groups in total. The number of ether oxygens (including phenoxy) is 1. The highest BCUT2D eigenvalue weighted by atomic mass is 16.5. The summed E-state index contributed by atoms with van der Waals surface area (Å²) in [4.78, 5) is 28.0. The lowest BCUT2D eigenvalue weighted by Gasteiger charge is -2.37. The van der Waals surface area contributed by atoms with Crippen molar-refractivity contribution in [2.45, 2.75) is 13.8 Å². The Labute approximate surface area is 165 Å². The third-order valence-corrected chi connectivity index (χ3v) is 5.68. The molecule has 1 aromatic heterocycles. The molecule has 1 amide bonds. The zero-order valence-corrected chi connectivity index (χ0v) is 16.6. The zero-order valence-electron chi connectivity index (χ0n) is 16.6. The summed E-state index contributed by atoms with van der Waals surface area (Å²) in [6, 6.07) is 6.40. The molecule has 2 aromatic rings. The van der Waals surface area contributed by atoms with Crippen LogP contribution in [0.1, 0.15) is 21.6 Å². The second-order valence-corrected chi connectivity index (χ2v) is 7.36. The molecule has 0 atom stereocenters. The zero-order chi connectivity index (χ0) is 19.5. The Hall–Kier alpha value is -2.67. The summed E-state index contributed by atoms with van der Waals surface area (Å²) < 4.78 is 5.36. The minimum atomic E-state index is -0.0401. The number of nitrogens with zero attached hydrogens (tertiary/aromatic N) is 5. The molecule has 28 heavy (non-hydrogen) atoms. The molecule has 0 radical (unpaired) electrons. The number of amides is 1. The Morgan fingerprint density at radius 1 is 0.929 bits per heavy atom. The average molecular weight is 381 g/mol. The summed E-state index contributed by atoms with van der Waals surface area (Å²) >= 11 is 0. The van der Waals surface area contributed by atoms with Gasteiger partial charge in [-0.05, 0) is 31.0 Å². The van der Waals surface area contributed by atoms with Crippen LogP contribution in [0.2, 0.25) is 0 Å². The predicted octanol–water partition coefficient (Wildman–Crippen LogP) is 1.89. The number of benzene rings is 1. The Morgan fingerprint density at radius 2 is 1.68 bits per heavy atom. The Balaban J connectivity index is 1.38. The molecule has 7 nitrogen and oxygen atoms in total. The molecule has 2 fully saturated rings. The lowest BCUT2D eigenvalue weighted by Crippen LogP contribution is -2.49. The van der Waals surface area contributed by atoms with Gasteiger partial charge in [-0.25, -0.2) is 9.97 Å². The number of aromatic nitrogens is 2. The van der Waals surface area contributed by atoms with Crippen LogP contribution in [0.5, 0.6) is 0 Å². The maximum Gasteiger partial charge on any atom is 0.274 e. The molecule has 3 heterocycles. The Kier molecular flexibility index (Phi) is 5.43. The van der Waals surface area contributed by atoms with Crippen molar-refractivity contribution in [1.82, 2.24) is 14.9 Å². The summed E-state index contributed by atoms with van der Waals surface area (Å²) in [7, 11) is 0. The number of piperazine rings is 1. The van der Waals surface area contributed by atoms with E-state index in [-0.39, 0.29) is 5.91 Å². The average Bonchev–Trinajstić information content (AvgIpc) is 2.76. The number of carbonyl (C=O) groups excluding carboxylic acids is 1. The van der Waals surface area contributed by atoms with Crippen molar-refractivity contribution in [3.63, 3.8) is 0 Å². The summed E-state index contributed by atoms with van der Waals surface area (Å²) in [6.45, 7) is 10.4. The van der Waals surface area contributed by atoms with Crippen molar-refractivity contribution in [2.24, 2.45) is 0 Å². The number of morpholine rings is 1. The molecule has 148 valence electrons. The van der Waals surface area contributed by atoms with Crippen molar-refractivity contribution >= 4 is 17.4 Å². The van der Waals surface area contributed by atoms with E-state index >= 15 is 0 Å². The van der Waals surface area contributed by atoms with Gasteiger partial charge in [0.15, 0.2) is 0 Å². The highest BCUT2D eigenvalue weighted by Crippen LogP contribution is 2.24. The quantitative estimate of drug-likeness (QED) is 0.809. The third kappa shape index (κ3) is 3.80. The molecule has 0 saturated carbocycles. The number of hydrogen-bond donors (Lipinski definition) is 0. The van der Waals surface area contributed by atoms with Crippen LogP contribution in [0.4, 0.5) is 11.5 Å². The lowest BCUT2D eigenvalue weighted by atomic mass is 10.1. The standard InChI is InChI=1S/C21H27N5O2/c1-16-4-3-5-19(17(16)2)24-6-8-26(9-7-24)21(27)18-14-23-20(15-22-18)25-10-12-28-13-11-25/h3-5,14-15H,6-13H2,1-2H3. The topological polar surface area (TPSA) is 61.8 Å². The van der Waals surface area contributed by atoms with E-state index in [9.17, 15) is 4.79 Å². The van der Waals surface area contributed by atoms with Crippen LogP contribution < -0.4 is 9.80 Å². The molecule has 0 spiro atoms. The van der Waals surface area contributed by atoms with Gasteiger partial charge in [-0.3, -0.25) is 4.79 Å². The monoisotopic (exact) mass is 381 g/mol. The van der Waals surface area contributed by atoms with Gasteiger partial charge in [0.05, 0.1) is 25.6 Å². The normalized spacial score (nSPS) is 17.7. The van der Waals surface area contributed by atoms with Crippen molar-refractivity contribution in [1.29, 1.82) is 0 Å². The smallest absolute Gasteiger partial charge is 0.274 e. The molecule has 7 heteroatoms. The van der Waals surface area contributed by atoms with E-state index in [2.05, 4.69) is 51.8 Å². The molecular formula is C21H27N5O2. The molecule has 0 unspecified atom stereocenters. The molecular weight excluding hydrogens is 354 g/mol. The van der Waals surface area contributed by atoms with Crippen LogP contribution in [-0.2, 0) is 4.74 Å². The first-order valence-electron chi connectivity index (χ1n) is 9.88. The first-order chi connectivity index (χ1) is 13.6. The van der Waals surface area contributed by atoms with Gasteiger partial charge in [-0.2, -0.15) is 0 Å². The van der Waals surface area contributed by atoms with Gasteiger partial charge in [0.2, 0.25) is 0 Å². The Bertz CT molecular complexity index is 825. The molecule has 2 saturated heterocycles. The van der Waals surface area contributed by atoms with Gasteiger partial charge in [-0.1, -0.05) is 12.1 Å². The Morgan fingerprint density at radius 3 is 2.36 bits per heavy atom. The fourth-order valence-electron chi connectivity index (χ4n) is 3.78. The molecule has 0 aliphatic carbocycles. The van der Waals surface area contributed by atoms with Crippen molar-refractivity contribution < 1.29 is 9.53 Å². The summed E-state index contributed by atoms with van der Waals surface area (Å²) in [6.07, 6.45) is 3.30. The second kappa shape index (κ2) is 8.14. The van der Waals surface area contributed by atoms with Gasteiger partial charge in [0, 0.05) is 45.0 Å². The van der Waals surface area contributed by atoms with Crippen LogP contribution in [0.15, 0.2) is 30.6 Å².